The summed E-state index contributed by atoms with van der Waals surface area (Å²) in [6.45, 7) is 1.68. The molecule has 2 atom stereocenters. The second-order valence-electron chi connectivity index (χ2n) is 9.56. The lowest BCUT2D eigenvalue weighted by Gasteiger charge is -2.13. The van der Waals surface area contributed by atoms with E-state index in [1.165, 1.54) is 24.3 Å². The van der Waals surface area contributed by atoms with Crippen LogP contribution in [0.5, 0.6) is 23.0 Å². The molecule has 2 saturated heterocycles. The van der Waals surface area contributed by atoms with Gasteiger partial charge in [0.15, 0.2) is 0 Å². The lowest BCUT2D eigenvalue weighted by atomic mass is 10.1. The summed E-state index contributed by atoms with van der Waals surface area (Å²) in [7, 11) is 0. The number of hydrogen-bond donors (Lipinski definition) is 0. The van der Waals surface area contributed by atoms with Gasteiger partial charge in [-0.15, -0.1) is 0 Å². The van der Waals surface area contributed by atoms with Crippen LogP contribution >= 0.6 is 0 Å². The van der Waals surface area contributed by atoms with Crippen LogP contribution in [0.2, 0.25) is 0 Å². The molecule has 13 heteroatoms. The molecule has 2 fully saturated rings. The summed E-state index contributed by atoms with van der Waals surface area (Å²) in [5.41, 5.74) is -1.42. The van der Waals surface area contributed by atoms with E-state index in [4.69, 9.17) is 28.4 Å². The number of epoxide rings is 2. The summed E-state index contributed by atoms with van der Waals surface area (Å²) in [6.07, 6.45) is -1.32. The van der Waals surface area contributed by atoms with Crippen LogP contribution in [-0.2, 0) is 25.2 Å². The van der Waals surface area contributed by atoms with E-state index in [9.17, 15) is 31.5 Å². The zero-order valence-electron chi connectivity index (χ0n) is 22.6. The molecule has 5 rings (SSSR count). The maximum absolute atomic E-state index is 14.3. The van der Waals surface area contributed by atoms with Crippen molar-refractivity contribution in [2.75, 3.05) is 26.4 Å². The van der Waals surface area contributed by atoms with Crippen LogP contribution in [0, 0.1) is 11.6 Å². The highest BCUT2D eigenvalue weighted by Crippen LogP contribution is 2.38. The summed E-state index contributed by atoms with van der Waals surface area (Å²) >= 11 is 0. The molecular formula is C31H23F5O8. The molecule has 3 aromatic carbocycles. The fraction of sp³-hybridized carbons (Fsp3) is 0.226. The van der Waals surface area contributed by atoms with Crippen molar-refractivity contribution in [1.82, 2.24) is 0 Å². The molecule has 0 aromatic heterocycles. The molecule has 3 aromatic rings. The van der Waals surface area contributed by atoms with Gasteiger partial charge >= 0.3 is 18.1 Å². The predicted molar refractivity (Wildman–Crippen MR) is 144 cm³/mol. The Morgan fingerprint density at radius 1 is 0.727 bits per heavy atom. The largest absolute Gasteiger partial charge is 0.491 e. The first kappa shape index (κ1) is 30.7. The predicted octanol–water partition coefficient (Wildman–Crippen LogP) is 5.78. The molecule has 0 spiro atoms. The smallest absolute Gasteiger partial charge is 0.420 e. The quantitative estimate of drug-likeness (QED) is 0.0830. The van der Waals surface area contributed by atoms with Gasteiger partial charge in [0.2, 0.25) is 0 Å². The lowest BCUT2D eigenvalue weighted by Crippen LogP contribution is -2.13. The van der Waals surface area contributed by atoms with Crippen molar-refractivity contribution in [3.05, 3.63) is 95.1 Å². The maximum atomic E-state index is 14.3. The Hall–Kier alpha value is -4.75. The Balaban J connectivity index is 1.19. The number of esters is 2. The molecule has 0 saturated carbocycles. The molecular weight excluding hydrogens is 595 g/mol. The van der Waals surface area contributed by atoms with E-state index >= 15 is 0 Å². The average Bonchev–Trinajstić information content (AvgIpc) is 3.90. The van der Waals surface area contributed by atoms with Crippen molar-refractivity contribution >= 4 is 24.1 Å². The Bertz CT molecular complexity index is 1590. The second-order valence-corrected chi connectivity index (χ2v) is 9.56. The van der Waals surface area contributed by atoms with Gasteiger partial charge in [0.25, 0.3) is 0 Å². The minimum Gasteiger partial charge on any atom is -0.491 e. The van der Waals surface area contributed by atoms with Crippen molar-refractivity contribution in [3.8, 4) is 23.0 Å². The first-order valence-corrected chi connectivity index (χ1v) is 13.1. The monoisotopic (exact) mass is 618 g/mol. The van der Waals surface area contributed by atoms with Crippen LogP contribution in [0.1, 0.15) is 16.7 Å². The number of rotatable bonds is 12. The highest BCUT2D eigenvalue weighted by Gasteiger charge is 2.35. The zero-order chi connectivity index (χ0) is 31.3. The molecule has 2 heterocycles. The number of carbonyl (C=O) groups is 2. The molecule has 2 unspecified atom stereocenters. The zero-order valence-corrected chi connectivity index (χ0v) is 22.6. The van der Waals surface area contributed by atoms with Gasteiger partial charge in [0, 0.05) is 35.4 Å². The summed E-state index contributed by atoms with van der Waals surface area (Å²) in [5, 5.41) is 0. The highest BCUT2D eigenvalue weighted by molar-refractivity contribution is 5.90. The van der Waals surface area contributed by atoms with E-state index in [0.29, 0.717) is 19.3 Å². The Morgan fingerprint density at radius 3 is 1.66 bits per heavy atom. The van der Waals surface area contributed by atoms with Crippen molar-refractivity contribution in [2.45, 2.75) is 18.4 Å². The summed E-state index contributed by atoms with van der Waals surface area (Å²) in [5.74, 6) is -4.60. The highest BCUT2D eigenvalue weighted by atomic mass is 19.4. The van der Waals surface area contributed by atoms with Crippen LogP contribution in [0.3, 0.4) is 0 Å². The molecule has 2 aliphatic heterocycles. The SMILES string of the molecule is O=C(/C=C/c1ccc(OCC2CO2)cc1F)Oc1ccc(OC(=O)/C=C/c2ccc(OCC3CO3)cc2F)c(C(F)(F)F)c1. The Kier molecular flexibility index (Phi) is 9.26. The van der Waals surface area contributed by atoms with Crippen molar-refractivity contribution in [1.29, 1.82) is 0 Å². The molecule has 0 aliphatic carbocycles. The molecule has 0 bridgehead atoms. The van der Waals surface area contributed by atoms with Gasteiger partial charge in [-0.05, 0) is 54.6 Å². The van der Waals surface area contributed by atoms with Crippen molar-refractivity contribution in [2.24, 2.45) is 0 Å². The number of hydrogen-bond acceptors (Lipinski definition) is 8. The van der Waals surface area contributed by atoms with Gasteiger partial charge in [0.1, 0.15) is 65.6 Å². The van der Waals surface area contributed by atoms with E-state index in [1.807, 2.05) is 0 Å². The van der Waals surface area contributed by atoms with Crippen LogP contribution in [-0.4, -0.2) is 50.6 Å². The topological polar surface area (TPSA) is 96.1 Å². The lowest BCUT2D eigenvalue weighted by molar-refractivity contribution is -0.141. The molecule has 0 amide bonds. The van der Waals surface area contributed by atoms with Gasteiger partial charge in [0.05, 0.1) is 13.2 Å². The summed E-state index contributed by atoms with van der Waals surface area (Å²) in [6, 6.07) is 10.1. The van der Waals surface area contributed by atoms with Crippen LogP contribution < -0.4 is 18.9 Å². The molecule has 2 aliphatic rings. The van der Waals surface area contributed by atoms with Crippen LogP contribution in [0.15, 0.2) is 66.7 Å². The van der Waals surface area contributed by atoms with E-state index in [0.717, 1.165) is 48.6 Å². The third-order valence-electron chi connectivity index (χ3n) is 6.10. The van der Waals surface area contributed by atoms with E-state index in [-0.39, 0.29) is 48.0 Å². The number of ether oxygens (including phenoxy) is 6. The number of halogens is 5. The van der Waals surface area contributed by atoms with E-state index in [2.05, 4.69) is 0 Å². The standard InChI is InChI=1S/C31H23F5O8/c32-26-12-20(39-14-23-16-41-23)5-1-18(26)3-9-29(37)43-22-7-8-28(25(11-22)31(34,35)36)44-30(38)10-4-19-2-6-21(13-27(19)33)40-15-24-17-42-24/h1-13,23-24H,14-17H2/b9-3+,10-4+. The molecule has 44 heavy (non-hydrogen) atoms. The Morgan fingerprint density at radius 2 is 1.20 bits per heavy atom. The van der Waals surface area contributed by atoms with Gasteiger partial charge in [-0.25, -0.2) is 18.4 Å². The normalized spacial score (nSPS) is 17.5. The number of carbonyl (C=O) groups excluding carboxylic acids is 2. The Labute approximate surface area is 247 Å². The van der Waals surface area contributed by atoms with Gasteiger partial charge in [-0.3, -0.25) is 0 Å². The molecule has 0 N–H and O–H groups in total. The van der Waals surface area contributed by atoms with Crippen LogP contribution in [0.4, 0.5) is 22.0 Å². The van der Waals surface area contributed by atoms with Gasteiger partial charge in [-0.1, -0.05) is 0 Å². The van der Waals surface area contributed by atoms with Crippen molar-refractivity contribution < 1.29 is 60.0 Å². The summed E-state index contributed by atoms with van der Waals surface area (Å²) in [4.78, 5) is 24.5. The molecule has 8 nitrogen and oxygen atoms in total. The second kappa shape index (κ2) is 13.3. The van der Waals surface area contributed by atoms with Crippen LogP contribution in [0.25, 0.3) is 12.2 Å². The average molecular weight is 619 g/mol. The minimum atomic E-state index is -5.00. The van der Waals surface area contributed by atoms with Crippen molar-refractivity contribution in [3.63, 3.8) is 0 Å². The maximum Gasteiger partial charge on any atom is 0.420 e. The minimum absolute atomic E-state index is 0.0103. The first-order chi connectivity index (χ1) is 21.0. The third kappa shape index (κ3) is 8.88. The number of alkyl halides is 3. The number of benzene rings is 3. The molecule has 230 valence electrons. The fourth-order valence-corrected chi connectivity index (χ4v) is 3.66. The van der Waals surface area contributed by atoms with Gasteiger partial charge < -0.3 is 28.4 Å². The molecule has 0 radical (unpaired) electrons. The first-order valence-electron chi connectivity index (χ1n) is 13.1. The summed E-state index contributed by atoms with van der Waals surface area (Å²) < 4.78 is 100. The third-order valence-corrected chi connectivity index (χ3v) is 6.10. The van der Waals surface area contributed by atoms with E-state index in [1.54, 1.807) is 0 Å². The van der Waals surface area contributed by atoms with Gasteiger partial charge in [-0.2, -0.15) is 13.2 Å². The fourth-order valence-electron chi connectivity index (χ4n) is 3.66. The van der Waals surface area contributed by atoms with E-state index < -0.39 is 46.8 Å².